The molecule has 18 heavy (non-hydrogen) atoms. The minimum Gasteiger partial charge on any atom is -0.504 e. The van der Waals surface area contributed by atoms with Crippen LogP contribution in [-0.2, 0) is 6.54 Å². The van der Waals surface area contributed by atoms with Gasteiger partial charge in [0.1, 0.15) is 0 Å². The van der Waals surface area contributed by atoms with Crippen LogP contribution in [0, 0.1) is 0 Å². The fourth-order valence-electron chi connectivity index (χ4n) is 2.27. The molecule has 1 saturated heterocycles. The van der Waals surface area contributed by atoms with Gasteiger partial charge in [-0.1, -0.05) is 6.07 Å². The average molecular weight is 273 g/mol. The zero-order valence-electron chi connectivity index (χ0n) is 10.8. The molecule has 1 aliphatic heterocycles. The van der Waals surface area contributed by atoms with Gasteiger partial charge in [0.05, 0.1) is 7.11 Å². The fourth-order valence-corrected chi connectivity index (χ4v) is 2.27. The molecule has 0 spiro atoms. The van der Waals surface area contributed by atoms with Crippen LogP contribution in [0.3, 0.4) is 0 Å². The van der Waals surface area contributed by atoms with Gasteiger partial charge in [-0.3, -0.25) is 4.90 Å². The maximum atomic E-state index is 9.71. The second-order valence-corrected chi connectivity index (χ2v) is 4.57. The Labute approximate surface area is 114 Å². The molecule has 1 aromatic rings. The van der Waals surface area contributed by atoms with Gasteiger partial charge >= 0.3 is 0 Å². The monoisotopic (exact) mass is 272 g/mol. The van der Waals surface area contributed by atoms with Crippen molar-refractivity contribution in [2.24, 2.45) is 0 Å². The van der Waals surface area contributed by atoms with Crippen LogP contribution in [0.5, 0.6) is 11.5 Å². The first kappa shape index (κ1) is 15.1. The number of nitrogens with one attached hydrogen (secondary N) is 1. The number of halogens is 1. The Bertz CT molecular complexity index is 381. The van der Waals surface area contributed by atoms with E-state index >= 15 is 0 Å². The Kier molecular flexibility index (Phi) is 5.72. The molecule has 2 rings (SSSR count). The molecule has 102 valence electrons. The molecule has 5 heteroatoms. The number of methoxy groups -OCH3 is 1. The molecule has 1 unspecified atom stereocenters. The molecule has 1 heterocycles. The van der Waals surface area contributed by atoms with Gasteiger partial charge in [0.25, 0.3) is 0 Å². The van der Waals surface area contributed by atoms with E-state index in [4.69, 9.17) is 4.74 Å². The molecule has 0 bridgehead atoms. The molecule has 2 N–H and O–H groups in total. The normalized spacial score (nSPS) is 18.7. The van der Waals surface area contributed by atoms with Crippen molar-refractivity contribution >= 4 is 12.4 Å². The largest absolute Gasteiger partial charge is 0.504 e. The van der Waals surface area contributed by atoms with Crippen molar-refractivity contribution in [3.8, 4) is 11.5 Å². The zero-order chi connectivity index (χ0) is 12.3. The lowest BCUT2D eigenvalue weighted by molar-refractivity contribution is 0.248. The van der Waals surface area contributed by atoms with Gasteiger partial charge in [0, 0.05) is 19.1 Å². The van der Waals surface area contributed by atoms with Crippen LogP contribution < -0.4 is 10.1 Å². The Morgan fingerprint density at radius 1 is 1.50 bits per heavy atom. The van der Waals surface area contributed by atoms with Crippen LogP contribution in [0.4, 0.5) is 0 Å². The molecule has 1 fully saturated rings. The van der Waals surface area contributed by atoms with Gasteiger partial charge in [-0.15, -0.1) is 12.4 Å². The summed E-state index contributed by atoms with van der Waals surface area (Å²) in [5.74, 6) is 0.738. The minimum atomic E-state index is 0. The maximum Gasteiger partial charge on any atom is 0.160 e. The summed E-state index contributed by atoms with van der Waals surface area (Å²) >= 11 is 0. The first-order chi connectivity index (χ1) is 8.20. The number of hydrogen-bond acceptors (Lipinski definition) is 4. The van der Waals surface area contributed by atoms with Gasteiger partial charge in [-0.25, -0.2) is 0 Å². The molecule has 1 aromatic carbocycles. The summed E-state index contributed by atoms with van der Waals surface area (Å²) in [6.07, 6.45) is 1.19. The van der Waals surface area contributed by atoms with Crippen LogP contribution in [0.2, 0.25) is 0 Å². The molecule has 0 saturated carbocycles. The molecular formula is C13H21ClN2O2. The lowest BCUT2D eigenvalue weighted by Crippen LogP contribution is -2.32. The summed E-state index contributed by atoms with van der Waals surface area (Å²) in [4.78, 5) is 2.32. The van der Waals surface area contributed by atoms with E-state index in [0.717, 1.165) is 25.2 Å². The van der Waals surface area contributed by atoms with Crippen molar-refractivity contribution in [3.63, 3.8) is 0 Å². The van der Waals surface area contributed by atoms with Gasteiger partial charge in [-0.05, 0) is 37.7 Å². The number of hydrogen-bond donors (Lipinski definition) is 2. The summed E-state index contributed by atoms with van der Waals surface area (Å²) in [5, 5.41) is 13.1. The highest BCUT2D eigenvalue weighted by Gasteiger charge is 2.19. The first-order valence-corrected chi connectivity index (χ1v) is 5.97. The second kappa shape index (κ2) is 6.83. The summed E-state index contributed by atoms with van der Waals surface area (Å²) in [5.41, 5.74) is 1.11. The molecular weight excluding hydrogens is 252 g/mol. The van der Waals surface area contributed by atoms with Crippen molar-refractivity contribution in [1.82, 2.24) is 10.2 Å². The standard InChI is InChI=1S/C13H20N2O2.ClH/c1-15(11-5-6-14-8-11)9-10-3-4-13(17-2)12(16)7-10;/h3-4,7,11,14,16H,5-6,8-9H2,1-2H3;1H. The number of nitrogens with zero attached hydrogens (tertiary/aromatic N) is 1. The highest BCUT2D eigenvalue weighted by Crippen LogP contribution is 2.27. The number of benzene rings is 1. The van der Waals surface area contributed by atoms with E-state index < -0.39 is 0 Å². The lowest BCUT2D eigenvalue weighted by atomic mass is 10.1. The quantitative estimate of drug-likeness (QED) is 0.874. The first-order valence-electron chi connectivity index (χ1n) is 5.97. The summed E-state index contributed by atoms with van der Waals surface area (Å²) in [6.45, 7) is 3.01. The van der Waals surface area contributed by atoms with Crippen LogP contribution in [0.1, 0.15) is 12.0 Å². The SMILES string of the molecule is COc1ccc(CN(C)C2CCNC2)cc1O.Cl. The van der Waals surface area contributed by atoms with Gasteiger partial charge in [-0.2, -0.15) is 0 Å². The van der Waals surface area contributed by atoms with Crippen LogP contribution in [0.15, 0.2) is 18.2 Å². The Morgan fingerprint density at radius 2 is 2.28 bits per heavy atom. The van der Waals surface area contributed by atoms with E-state index in [1.54, 1.807) is 13.2 Å². The Balaban J connectivity index is 0.00000162. The maximum absolute atomic E-state index is 9.71. The van der Waals surface area contributed by atoms with Crippen molar-refractivity contribution in [2.45, 2.75) is 19.0 Å². The van der Waals surface area contributed by atoms with E-state index in [-0.39, 0.29) is 18.2 Å². The Hall–Kier alpha value is -0.970. The third kappa shape index (κ3) is 3.51. The predicted molar refractivity (Wildman–Crippen MR) is 74.6 cm³/mol. The van der Waals surface area contributed by atoms with Crippen molar-refractivity contribution in [3.05, 3.63) is 23.8 Å². The number of phenols is 1. The van der Waals surface area contributed by atoms with Gasteiger partial charge < -0.3 is 15.2 Å². The number of rotatable bonds is 4. The number of ether oxygens (including phenoxy) is 1. The Morgan fingerprint density at radius 3 is 2.83 bits per heavy atom. The van der Waals surface area contributed by atoms with E-state index in [2.05, 4.69) is 17.3 Å². The third-order valence-corrected chi connectivity index (χ3v) is 3.33. The summed E-state index contributed by atoms with van der Waals surface area (Å²) in [6, 6.07) is 6.18. The predicted octanol–water partition coefficient (Wildman–Crippen LogP) is 1.62. The van der Waals surface area contributed by atoms with Gasteiger partial charge in [0.2, 0.25) is 0 Å². The van der Waals surface area contributed by atoms with Gasteiger partial charge in [0.15, 0.2) is 11.5 Å². The minimum absolute atomic E-state index is 0. The average Bonchev–Trinajstić information content (AvgIpc) is 2.82. The van der Waals surface area contributed by atoms with E-state index in [1.807, 2.05) is 12.1 Å². The van der Waals surface area contributed by atoms with E-state index in [9.17, 15) is 5.11 Å². The van der Waals surface area contributed by atoms with Crippen molar-refractivity contribution in [2.75, 3.05) is 27.2 Å². The molecule has 0 aromatic heterocycles. The highest BCUT2D eigenvalue weighted by molar-refractivity contribution is 5.85. The summed E-state index contributed by atoms with van der Waals surface area (Å²) in [7, 11) is 3.68. The van der Waals surface area contributed by atoms with E-state index in [1.165, 1.54) is 6.42 Å². The second-order valence-electron chi connectivity index (χ2n) is 4.57. The number of aromatic hydroxyl groups is 1. The third-order valence-electron chi connectivity index (χ3n) is 3.33. The number of phenolic OH excluding ortho intramolecular Hbond substituents is 1. The molecule has 1 atom stereocenters. The van der Waals surface area contributed by atoms with Crippen LogP contribution in [0.25, 0.3) is 0 Å². The number of likely N-dealkylation sites (N-methyl/N-ethyl adjacent to an activating group) is 1. The smallest absolute Gasteiger partial charge is 0.160 e. The van der Waals surface area contributed by atoms with Crippen LogP contribution in [-0.4, -0.2) is 43.3 Å². The lowest BCUT2D eigenvalue weighted by Gasteiger charge is -2.23. The molecule has 4 nitrogen and oxygen atoms in total. The summed E-state index contributed by atoms with van der Waals surface area (Å²) < 4.78 is 5.03. The van der Waals surface area contributed by atoms with Crippen molar-refractivity contribution < 1.29 is 9.84 Å². The molecule has 0 amide bonds. The molecule has 1 aliphatic rings. The topological polar surface area (TPSA) is 44.7 Å². The highest BCUT2D eigenvalue weighted by atomic mass is 35.5. The fraction of sp³-hybridized carbons (Fsp3) is 0.538. The van der Waals surface area contributed by atoms with Crippen molar-refractivity contribution in [1.29, 1.82) is 0 Å². The van der Waals surface area contributed by atoms with Crippen LogP contribution >= 0.6 is 12.4 Å². The molecule has 0 aliphatic carbocycles. The van der Waals surface area contributed by atoms with E-state index in [0.29, 0.717) is 11.8 Å². The zero-order valence-corrected chi connectivity index (χ0v) is 11.7. The molecule has 0 radical (unpaired) electrons.